The molecular weight excluding hydrogens is 718 g/mol. The fourth-order valence-corrected chi connectivity index (χ4v) is 3.87. The number of nitrogens with zero attached hydrogens (tertiary/aromatic N) is 2. The van der Waals surface area contributed by atoms with E-state index in [-0.39, 0.29) is 43.1 Å². The largest absolute Gasteiger partial charge is 5.00 e. The second-order valence-corrected chi connectivity index (χ2v) is 11.7. The zero-order valence-corrected chi connectivity index (χ0v) is 27.1. The van der Waals surface area contributed by atoms with Crippen LogP contribution in [0, 0.1) is 0 Å². The molecule has 1 aliphatic rings. The minimum absolute atomic E-state index is 0. The number of aliphatic imine (C=N–C) groups is 2. The molecule has 0 aromatic heterocycles. The number of halogens is 6. The van der Waals surface area contributed by atoms with Gasteiger partial charge < -0.3 is 21.7 Å². The van der Waals surface area contributed by atoms with Crippen LogP contribution < -0.4 is 21.7 Å². The monoisotopic (exact) mass is 753 g/mol. The molecule has 46 heavy (non-hydrogen) atoms. The molecule has 4 aromatic carbocycles. The van der Waals surface area contributed by atoms with E-state index in [9.17, 15) is 35.4 Å². The molecule has 6 nitrogen and oxygen atoms in total. The molecule has 14 heteroatoms. The number of para-hydroxylation sites is 4. The van der Waals surface area contributed by atoms with Gasteiger partial charge in [-0.3, -0.25) is 9.98 Å². The Labute approximate surface area is 276 Å². The van der Waals surface area contributed by atoms with Crippen molar-refractivity contribution in [3.8, 4) is 11.5 Å². The van der Waals surface area contributed by atoms with E-state index in [4.69, 9.17) is 11.5 Å². The molecular formula is C32H34F6N4O2PRu+2. The van der Waals surface area contributed by atoms with Crippen molar-refractivity contribution in [2.24, 2.45) is 9.98 Å². The maximum Gasteiger partial charge on any atom is 5.00 e. The van der Waals surface area contributed by atoms with Crippen molar-refractivity contribution in [1.82, 2.24) is 0 Å². The summed E-state index contributed by atoms with van der Waals surface area (Å²) >= 11 is 0. The topological polar surface area (TPSA) is 123 Å². The predicted octanol–water partition coefficient (Wildman–Crippen LogP) is 8.60. The van der Waals surface area contributed by atoms with E-state index >= 15 is 0 Å². The van der Waals surface area contributed by atoms with Crippen molar-refractivity contribution in [2.45, 2.75) is 37.8 Å². The Morgan fingerprint density at radius 3 is 1.09 bits per heavy atom. The van der Waals surface area contributed by atoms with E-state index in [0.29, 0.717) is 11.1 Å². The minimum atomic E-state index is -10.7. The molecule has 5 rings (SSSR count). The quantitative estimate of drug-likeness (QED) is 0.0713. The third-order valence-electron chi connectivity index (χ3n) is 5.94. The molecule has 0 aliphatic heterocycles. The first-order valence-electron chi connectivity index (χ1n) is 13.7. The van der Waals surface area contributed by atoms with Gasteiger partial charge in [-0.2, -0.15) is 0 Å². The number of nitrogen functional groups attached to an aromatic ring is 2. The Morgan fingerprint density at radius 2 is 0.826 bits per heavy atom. The molecule has 0 amide bonds. The average Bonchev–Trinajstić information content (AvgIpc) is 2.97. The fraction of sp³-hybridized carbons (Fsp3) is 0.188. The van der Waals surface area contributed by atoms with Crippen LogP contribution in [0.2, 0.25) is 0 Å². The van der Waals surface area contributed by atoms with Crippen molar-refractivity contribution in [3.63, 3.8) is 0 Å². The number of rotatable bonds is 4. The first kappa shape index (κ1) is 40.1. The average molecular weight is 753 g/mol. The minimum Gasteiger partial charge on any atom is -0.872 e. The Balaban J connectivity index is 0.000000390. The SMILES string of the molecule is F[P-](F)(F)(F)(F)F.Nc1ccccc1.Nc1ccccc1.[O-]c1ccccc1C=N[C@H]1CCCC[C@@H]1N=Cc1ccccc1[O-].[Ru+5]. The van der Waals surface area contributed by atoms with Gasteiger partial charge >= 0.3 is 52.5 Å². The van der Waals surface area contributed by atoms with Crippen molar-refractivity contribution >= 4 is 31.6 Å². The number of benzene rings is 4. The van der Waals surface area contributed by atoms with Crippen LogP contribution in [0.3, 0.4) is 0 Å². The van der Waals surface area contributed by atoms with Crippen LogP contribution in [0.5, 0.6) is 11.5 Å². The third-order valence-corrected chi connectivity index (χ3v) is 5.94. The van der Waals surface area contributed by atoms with Crippen LogP contribution in [0.1, 0.15) is 36.8 Å². The molecule has 4 N–H and O–H groups in total. The second kappa shape index (κ2) is 17.7. The van der Waals surface area contributed by atoms with Gasteiger partial charge in [0.25, 0.3) is 0 Å². The van der Waals surface area contributed by atoms with Gasteiger partial charge in [0, 0.05) is 23.8 Å². The molecule has 1 fully saturated rings. The maximum absolute atomic E-state index is 11.8. The van der Waals surface area contributed by atoms with Crippen LogP contribution in [-0.4, -0.2) is 24.5 Å². The normalized spacial score (nSPS) is 17.3. The van der Waals surface area contributed by atoms with Gasteiger partial charge in [0.05, 0.1) is 12.1 Å². The summed E-state index contributed by atoms with van der Waals surface area (Å²) < 4.78 is 59.2. The number of nitrogens with two attached hydrogens (primary N) is 2. The molecule has 4 aromatic rings. The first-order chi connectivity index (χ1) is 21.0. The summed E-state index contributed by atoms with van der Waals surface area (Å²) in [5, 5.41) is 23.5. The van der Waals surface area contributed by atoms with Crippen LogP contribution in [0.4, 0.5) is 36.6 Å². The zero-order chi connectivity index (χ0) is 33.4. The van der Waals surface area contributed by atoms with E-state index < -0.39 is 7.81 Å². The Kier molecular flexibility index (Phi) is 15.4. The molecule has 1 saturated carbocycles. The molecule has 0 spiro atoms. The number of hydrogen-bond acceptors (Lipinski definition) is 6. The molecule has 1 radical (unpaired) electrons. The first-order valence-corrected chi connectivity index (χ1v) is 15.8. The fourth-order valence-electron chi connectivity index (χ4n) is 3.87. The van der Waals surface area contributed by atoms with E-state index in [1.807, 2.05) is 72.8 Å². The van der Waals surface area contributed by atoms with Gasteiger partial charge in [-0.15, -0.1) is 11.5 Å². The maximum atomic E-state index is 11.8. The van der Waals surface area contributed by atoms with Gasteiger partial charge in [0.2, 0.25) is 0 Å². The Morgan fingerprint density at radius 1 is 0.543 bits per heavy atom. The van der Waals surface area contributed by atoms with E-state index in [1.165, 1.54) is 0 Å². The van der Waals surface area contributed by atoms with Gasteiger partial charge in [0.1, 0.15) is 0 Å². The third kappa shape index (κ3) is 20.2. The summed E-state index contributed by atoms with van der Waals surface area (Å²) in [6, 6.07) is 32.9. The van der Waals surface area contributed by atoms with Crippen molar-refractivity contribution < 1.29 is 54.9 Å². The zero-order valence-electron chi connectivity index (χ0n) is 24.5. The molecule has 0 heterocycles. The van der Waals surface area contributed by atoms with Crippen molar-refractivity contribution in [1.29, 1.82) is 0 Å². The standard InChI is InChI=1S/C20H22N2O2.2C6H7N.F6P.Ru/c23-19-11-5-1-7-15(19)13-21-17-9-3-4-10-18(17)22-14-16-8-2-6-12-20(16)24;2*7-6-4-2-1-3-5-6;1-7(2,3,4,5)6;/h1-2,5-8,11-14,17-18,23-24H,3-4,9-10H2;2*1-5H,7H2;;/q;;;-1;+5/p-2/t17-,18-;;;;/m0..../s1. The van der Waals surface area contributed by atoms with E-state index in [0.717, 1.165) is 37.1 Å². The second-order valence-electron chi connectivity index (χ2n) is 9.83. The van der Waals surface area contributed by atoms with Gasteiger partial charge in [0.15, 0.2) is 0 Å². The molecule has 0 unspecified atom stereocenters. The van der Waals surface area contributed by atoms with Crippen LogP contribution >= 0.6 is 7.81 Å². The number of anilines is 2. The van der Waals surface area contributed by atoms with Gasteiger partial charge in [-0.25, -0.2) is 0 Å². The predicted molar refractivity (Wildman–Crippen MR) is 168 cm³/mol. The van der Waals surface area contributed by atoms with Crippen LogP contribution in [0.25, 0.3) is 0 Å². The van der Waals surface area contributed by atoms with Crippen molar-refractivity contribution in [3.05, 3.63) is 120 Å². The van der Waals surface area contributed by atoms with Crippen molar-refractivity contribution in [2.75, 3.05) is 11.5 Å². The van der Waals surface area contributed by atoms with E-state index in [1.54, 1.807) is 48.8 Å². The summed E-state index contributed by atoms with van der Waals surface area (Å²) in [4.78, 5) is 9.23. The van der Waals surface area contributed by atoms with Gasteiger partial charge in [-0.05, 0) is 48.2 Å². The summed E-state index contributed by atoms with van der Waals surface area (Å²) in [6.07, 6.45) is 7.48. The summed E-state index contributed by atoms with van der Waals surface area (Å²) in [5.74, 6) is -0.0326. The summed E-state index contributed by atoms with van der Waals surface area (Å²) in [7, 11) is -10.7. The number of hydrogen-bond donors (Lipinski definition) is 2. The summed E-state index contributed by atoms with van der Waals surface area (Å²) in [6.45, 7) is 0. The Bertz CT molecular complexity index is 1400. The smallest absolute Gasteiger partial charge is 0.872 e. The van der Waals surface area contributed by atoms with Gasteiger partial charge in [-0.1, -0.05) is 97.8 Å². The Hall–Kier alpha value is -3.95. The van der Waals surface area contributed by atoms with Crippen LogP contribution in [-0.2, 0) is 19.5 Å². The van der Waals surface area contributed by atoms with Crippen LogP contribution in [0.15, 0.2) is 119 Å². The van der Waals surface area contributed by atoms with E-state index in [2.05, 4.69) is 9.98 Å². The molecule has 1 aliphatic carbocycles. The molecule has 0 bridgehead atoms. The molecule has 247 valence electrons. The molecule has 0 saturated heterocycles. The summed E-state index contributed by atoms with van der Waals surface area (Å²) in [5.41, 5.74) is 13.6. The molecule has 2 atom stereocenters.